The molecular weight excluding hydrogens is 171 g/mol. The minimum atomic E-state index is -2.00. The molecule has 0 aliphatic carbocycles. The third kappa shape index (κ3) is 55.0. The van der Waals surface area contributed by atoms with Crippen LogP contribution >= 0.6 is 0 Å². The van der Waals surface area contributed by atoms with Gasteiger partial charge in [0.1, 0.15) is 0 Å². The Bertz CT molecular complexity index is 38.1. The van der Waals surface area contributed by atoms with Crippen molar-refractivity contribution in [1.29, 1.82) is 0 Å². The molecule has 0 N–H and O–H groups in total. The van der Waals surface area contributed by atoms with Crippen LogP contribution in [0.1, 0.15) is 0 Å². The summed E-state index contributed by atoms with van der Waals surface area (Å²) < 4.78 is 25.3. The van der Waals surface area contributed by atoms with E-state index in [-0.39, 0.29) is 21.7 Å². The minimum Gasteiger partial charge on any atom is 0 e. The second-order valence-electron chi connectivity index (χ2n) is 0.0833. The topological polar surface area (TPSA) is 51.2 Å². The third-order valence-corrected chi connectivity index (χ3v) is 0. The van der Waals surface area contributed by atoms with E-state index in [9.17, 15) is 0 Å². The molecule has 0 saturated carbocycles. The fourth-order valence-electron chi connectivity index (χ4n) is 0. The van der Waals surface area contributed by atoms with E-state index in [1.807, 2.05) is 0 Å². The van der Waals surface area contributed by atoms with Crippen LogP contribution in [0.15, 0.2) is 0 Å². The summed E-state index contributed by atoms with van der Waals surface area (Å²) in [4.78, 5) is 0. The van der Waals surface area contributed by atoms with Crippen molar-refractivity contribution in [3.05, 3.63) is 0 Å². The molecule has 0 bridgehead atoms. The second-order valence-corrected chi connectivity index (χ2v) is 0.344. The molecule has 0 saturated heterocycles. The van der Waals surface area contributed by atoms with Crippen LogP contribution < -0.4 is 0 Å². The maximum Gasteiger partial charge on any atom is 0 e. The quantitative estimate of drug-likeness (QED) is 0.439. The van der Waals surface area contributed by atoms with Gasteiger partial charge in [-0.15, -0.1) is 0 Å². The van der Waals surface area contributed by atoms with Gasteiger partial charge in [0.15, 0.2) is 0 Å². The van der Waals surface area contributed by atoms with Crippen molar-refractivity contribution in [3.63, 3.8) is 0 Å². The molecule has 0 spiro atoms. The van der Waals surface area contributed by atoms with Crippen LogP contribution in [-0.4, -0.2) is 16.2 Å². The Morgan fingerprint density at radius 2 is 1.17 bits per heavy atom. The molecule has 0 radical (unpaired) electrons. The van der Waals surface area contributed by atoms with Crippen molar-refractivity contribution < 1.29 is 51.3 Å². The molecule has 6 heavy (non-hydrogen) atoms. The Morgan fingerprint density at radius 1 is 1.17 bits per heavy atom. The van der Waals surface area contributed by atoms with Crippen LogP contribution in [0.2, 0.25) is 0 Å². The molecular formula is HAlO3Ti2. The van der Waals surface area contributed by atoms with E-state index >= 15 is 0 Å². The van der Waals surface area contributed by atoms with E-state index in [0.717, 1.165) is 0 Å². The van der Waals surface area contributed by atoms with Crippen LogP contribution in [-0.2, 0) is 51.3 Å². The summed E-state index contributed by atoms with van der Waals surface area (Å²) in [6.45, 7) is 0. The van der Waals surface area contributed by atoms with Gasteiger partial charge in [-0.05, 0) is 0 Å². The number of hydrogen-bond acceptors (Lipinski definition) is 3. The van der Waals surface area contributed by atoms with Crippen molar-refractivity contribution in [3.8, 4) is 0 Å². The van der Waals surface area contributed by atoms with Crippen LogP contribution in [0.25, 0.3) is 0 Å². The van der Waals surface area contributed by atoms with E-state index in [4.69, 9.17) is 10.5 Å². The van der Waals surface area contributed by atoms with E-state index in [0.29, 0.717) is 16.2 Å². The first-order chi connectivity index (χ1) is 2.41. The fourth-order valence-corrected chi connectivity index (χ4v) is 0. The molecule has 0 atom stereocenters. The molecule has 30 valence electrons. The molecule has 0 aromatic carbocycles. The first-order valence-electron chi connectivity index (χ1n) is 0.697. The van der Waals surface area contributed by atoms with Gasteiger partial charge in [-0.2, -0.15) is 0 Å². The Morgan fingerprint density at radius 3 is 1.17 bits per heavy atom. The van der Waals surface area contributed by atoms with Crippen molar-refractivity contribution in [1.82, 2.24) is 0 Å². The van der Waals surface area contributed by atoms with Gasteiger partial charge in [0.25, 0.3) is 0 Å². The summed E-state index contributed by atoms with van der Waals surface area (Å²) in [6.07, 6.45) is 0. The third-order valence-electron chi connectivity index (χ3n) is 0. The Balaban J connectivity index is -0.0000000275. The molecule has 0 aromatic rings. The molecule has 0 aliphatic heterocycles. The van der Waals surface area contributed by atoms with Crippen LogP contribution in [0.4, 0.5) is 0 Å². The maximum atomic E-state index is 8.50. The van der Waals surface area contributed by atoms with Gasteiger partial charge in [0, 0.05) is 21.7 Å². The first-order valence-corrected chi connectivity index (χ1v) is 2.55. The molecule has 0 aliphatic rings. The average molecular weight is 172 g/mol. The van der Waals surface area contributed by atoms with Gasteiger partial charge >= 0.3 is 45.8 Å². The van der Waals surface area contributed by atoms with Crippen LogP contribution in [0.3, 0.4) is 0 Å². The van der Waals surface area contributed by atoms with Crippen molar-refractivity contribution in [2.45, 2.75) is 0 Å². The molecule has 0 amide bonds. The average Bonchev–Trinajstić information content (AvgIpc) is 1.46. The van der Waals surface area contributed by atoms with E-state index in [2.05, 4.69) is 0 Å². The van der Waals surface area contributed by atoms with Crippen molar-refractivity contribution in [2.24, 2.45) is 0 Å². The largest absolute Gasteiger partial charge is 0 e. The zero-order valence-electron chi connectivity index (χ0n) is 2.93. The standard InChI is InChI=1S/Al.3O.2Ti.H. The van der Waals surface area contributed by atoms with Crippen molar-refractivity contribution >= 4 is 16.2 Å². The first kappa shape index (κ1) is 15.7. The second kappa shape index (κ2) is 32.8. The molecule has 0 fully saturated rings. The molecule has 0 unspecified atom stereocenters. The summed E-state index contributed by atoms with van der Waals surface area (Å²) in [6, 6.07) is 0. The van der Waals surface area contributed by atoms with Gasteiger partial charge < -0.3 is 0 Å². The van der Waals surface area contributed by atoms with Crippen LogP contribution in [0, 0.1) is 0 Å². The molecule has 0 aromatic heterocycles. The summed E-state index contributed by atoms with van der Waals surface area (Å²) in [5, 5.41) is 0. The van der Waals surface area contributed by atoms with Crippen molar-refractivity contribution in [2.75, 3.05) is 0 Å². The zero-order valence-corrected chi connectivity index (χ0v) is 7.47. The summed E-state index contributed by atoms with van der Waals surface area (Å²) in [5.41, 5.74) is 0. The summed E-state index contributed by atoms with van der Waals surface area (Å²) in [7, 11) is 0. The molecule has 3 nitrogen and oxygen atoms in total. The van der Waals surface area contributed by atoms with E-state index < -0.39 is 19.1 Å². The Kier molecular flexibility index (Phi) is 85.6. The minimum absolute atomic E-state index is 0. The van der Waals surface area contributed by atoms with Gasteiger partial charge in [-0.1, -0.05) is 0 Å². The molecule has 0 rings (SSSR count). The zero-order chi connectivity index (χ0) is 4.71. The van der Waals surface area contributed by atoms with E-state index in [1.54, 1.807) is 0 Å². The van der Waals surface area contributed by atoms with Crippen LogP contribution in [0.5, 0.6) is 0 Å². The molecule has 0 heterocycles. The number of rotatable bonds is 0. The maximum absolute atomic E-state index is 8.50. The number of hydrogen-bond donors (Lipinski definition) is 0. The van der Waals surface area contributed by atoms with Gasteiger partial charge in [0.2, 0.25) is 0 Å². The van der Waals surface area contributed by atoms with Gasteiger partial charge in [-0.25, -0.2) is 0 Å². The monoisotopic (exact) mass is 172 g/mol. The Hall–Kier alpha value is 1.36. The summed E-state index contributed by atoms with van der Waals surface area (Å²) in [5.74, 6) is 0. The molecule has 6 heteroatoms. The Labute approximate surface area is 67.0 Å². The van der Waals surface area contributed by atoms with Gasteiger partial charge in [0.05, 0.1) is 0 Å². The van der Waals surface area contributed by atoms with Gasteiger partial charge in [-0.3, -0.25) is 0 Å². The SMILES string of the molecule is [O]=[AlH].[O]=[Ti]=[O].[Ti]. The normalized spacial score (nSPS) is 1.83. The van der Waals surface area contributed by atoms with E-state index in [1.165, 1.54) is 0 Å². The predicted octanol–water partition coefficient (Wildman–Crippen LogP) is -1.01. The predicted molar refractivity (Wildman–Crippen MR) is 9.21 cm³/mol. The summed E-state index contributed by atoms with van der Waals surface area (Å²) >= 11 is -1.39. The fraction of sp³-hybridized carbons (Fsp3) is 0. The smallest absolute Gasteiger partial charge is 0 e.